The number of aromatic nitrogens is 1. The number of para-hydroxylation sites is 1. The average Bonchev–Trinajstić information content (AvgIpc) is 2.43. The molecule has 1 heterocycles. The lowest BCUT2D eigenvalue weighted by Gasteiger charge is -2.21. The number of nitrogens with zero attached hydrogens (tertiary/aromatic N) is 1. The number of anilines is 1. The van der Waals surface area contributed by atoms with Gasteiger partial charge in [-0.05, 0) is 37.3 Å². The third-order valence-corrected chi connectivity index (χ3v) is 3.54. The molecule has 0 saturated carbocycles. The van der Waals surface area contributed by atoms with Crippen LogP contribution in [-0.2, 0) is 12.8 Å². The van der Waals surface area contributed by atoms with E-state index in [9.17, 15) is 0 Å². The molecule has 0 spiro atoms. The second-order valence-corrected chi connectivity index (χ2v) is 4.69. The monoisotopic (exact) mass is 236 g/mol. The Bertz CT molecular complexity index is 623. The van der Waals surface area contributed by atoms with Crippen LogP contribution in [0.4, 0.5) is 5.69 Å². The topological polar surface area (TPSA) is 24.9 Å². The van der Waals surface area contributed by atoms with Crippen molar-refractivity contribution in [1.29, 1.82) is 0 Å². The fourth-order valence-electron chi connectivity index (χ4n) is 2.71. The number of hydrogen-bond acceptors (Lipinski definition) is 2. The molecule has 1 aliphatic rings. The Morgan fingerprint density at radius 1 is 1.22 bits per heavy atom. The lowest BCUT2D eigenvalue weighted by Crippen LogP contribution is -2.11. The first kappa shape index (κ1) is 11.1. The van der Waals surface area contributed by atoms with Crippen LogP contribution >= 0.6 is 0 Å². The summed E-state index contributed by atoms with van der Waals surface area (Å²) >= 11 is 0. The summed E-state index contributed by atoms with van der Waals surface area (Å²) in [5.74, 6) is 2.66. The number of fused-ring (bicyclic) bond motifs is 2. The van der Waals surface area contributed by atoms with Crippen LogP contribution in [0.1, 0.15) is 24.1 Å². The van der Waals surface area contributed by atoms with Gasteiger partial charge < -0.3 is 5.32 Å². The van der Waals surface area contributed by atoms with Gasteiger partial charge in [-0.2, -0.15) is 0 Å². The summed E-state index contributed by atoms with van der Waals surface area (Å²) in [4.78, 5) is 4.79. The normalized spacial score (nSPS) is 13.9. The molecule has 18 heavy (non-hydrogen) atoms. The zero-order valence-corrected chi connectivity index (χ0v) is 10.4. The smallest absolute Gasteiger partial charge is 0.0763 e. The average molecular weight is 236 g/mol. The Balaban J connectivity index is 2.22. The first-order valence-corrected chi connectivity index (χ1v) is 6.48. The van der Waals surface area contributed by atoms with E-state index in [0.717, 1.165) is 18.4 Å². The Hall–Kier alpha value is -2.01. The standard InChI is InChI=1S/C16H16N2/c1-2-11-17-16-12-7-3-5-9-14(12)18-15-10-6-4-8-13(15)16/h1,3,5,7,9H,4,6,8,10-11H2,(H,17,18). The molecule has 0 unspecified atom stereocenters. The predicted molar refractivity (Wildman–Crippen MR) is 75.7 cm³/mol. The van der Waals surface area contributed by atoms with Gasteiger partial charge in [0, 0.05) is 16.8 Å². The van der Waals surface area contributed by atoms with Gasteiger partial charge >= 0.3 is 0 Å². The predicted octanol–water partition coefficient (Wildman–Crippen LogP) is 3.16. The largest absolute Gasteiger partial charge is 0.373 e. The van der Waals surface area contributed by atoms with Crippen molar-refractivity contribution in [2.24, 2.45) is 0 Å². The molecule has 1 aromatic carbocycles. The maximum absolute atomic E-state index is 5.37. The van der Waals surface area contributed by atoms with Crippen molar-refractivity contribution in [3.8, 4) is 12.3 Å². The molecule has 0 saturated heterocycles. The molecule has 1 aliphatic carbocycles. The molecule has 0 aliphatic heterocycles. The van der Waals surface area contributed by atoms with Crippen molar-refractivity contribution in [2.75, 3.05) is 11.9 Å². The van der Waals surface area contributed by atoms with Gasteiger partial charge in [0.2, 0.25) is 0 Å². The summed E-state index contributed by atoms with van der Waals surface area (Å²) < 4.78 is 0. The third kappa shape index (κ3) is 1.82. The first-order valence-electron chi connectivity index (χ1n) is 6.48. The van der Waals surface area contributed by atoms with Gasteiger partial charge in [-0.25, -0.2) is 0 Å². The number of aryl methyl sites for hydroxylation is 1. The molecular weight excluding hydrogens is 220 g/mol. The summed E-state index contributed by atoms with van der Waals surface area (Å²) in [6, 6.07) is 8.29. The fourth-order valence-corrected chi connectivity index (χ4v) is 2.71. The number of terminal acetylenes is 1. The van der Waals surface area contributed by atoms with Crippen LogP contribution in [0.5, 0.6) is 0 Å². The highest BCUT2D eigenvalue weighted by Crippen LogP contribution is 2.32. The van der Waals surface area contributed by atoms with Crippen molar-refractivity contribution >= 4 is 16.6 Å². The Kier molecular flexibility index (Phi) is 2.90. The fraction of sp³-hybridized carbons (Fsp3) is 0.312. The summed E-state index contributed by atoms with van der Waals surface area (Å²) in [6.45, 7) is 0.570. The molecule has 0 radical (unpaired) electrons. The molecule has 0 fully saturated rings. The second kappa shape index (κ2) is 4.70. The molecule has 0 atom stereocenters. The van der Waals surface area contributed by atoms with Gasteiger partial charge in [0.05, 0.1) is 12.1 Å². The van der Waals surface area contributed by atoms with Crippen LogP contribution in [-0.4, -0.2) is 11.5 Å². The summed E-state index contributed by atoms with van der Waals surface area (Å²) in [5.41, 5.74) is 4.89. The third-order valence-electron chi connectivity index (χ3n) is 3.54. The van der Waals surface area contributed by atoms with Crippen LogP contribution in [0.15, 0.2) is 24.3 Å². The highest BCUT2D eigenvalue weighted by atomic mass is 14.9. The van der Waals surface area contributed by atoms with E-state index in [2.05, 4.69) is 29.4 Å². The van der Waals surface area contributed by atoms with Gasteiger partial charge in [0.1, 0.15) is 0 Å². The minimum atomic E-state index is 0.570. The van der Waals surface area contributed by atoms with E-state index >= 15 is 0 Å². The van der Waals surface area contributed by atoms with Gasteiger partial charge in [0.15, 0.2) is 0 Å². The van der Waals surface area contributed by atoms with E-state index in [1.165, 1.54) is 35.2 Å². The van der Waals surface area contributed by atoms with E-state index in [0.29, 0.717) is 6.54 Å². The van der Waals surface area contributed by atoms with Crippen LogP contribution < -0.4 is 5.32 Å². The highest BCUT2D eigenvalue weighted by Gasteiger charge is 2.17. The Labute approximate surface area is 107 Å². The highest BCUT2D eigenvalue weighted by molar-refractivity contribution is 5.93. The van der Waals surface area contributed by atoms with Gasteiger partial charge in [-0.15, -0.1) is 6.42 Å². The van der Waals surface area contributed by atoms with E-state index < -0.39 is 0 Å². The van der Waals surface area contributed by atoms with Crippen molar-refractivity contribution in [3.05, 3.63) is 35.5 Å². The Morgan fingerprint density at radius 3 is 2.94 bits per heavy atom. The molecule has 90 valence electrons. The van der Waals surface area contributed by atoms with Gasteiger partial charge in [-0.1, -0.05) is 24.1 Å². The second-order valence-electron chi connectivity index (χ2n) is 4.69. The maximum atomic E-state index is 5.37. The van der Waals surface area contributed by atoms with Gasteiger partial charge in [-0.3, -0.25) is 4.98 Å². The lowest BCUT2D eigenvalue weighted by molar-refractivity contribution is 0.672. The number of pyridine rings is 1. The molecule has 2 heteroatoms. The molecule has 0 bridgehead atoms. The van der Waals surface area contributed by atoms with E-state index in [1.54, 1.807) is 0 Å². The van der Waals surface area contributed by atoms with E-state index in [-0.39, 0.29) is 0 Å². The molecule has 1 N–H and O–H groups in total. The van der Waals surface area contributed by atoms with Crippen LogP contribution in [0.25, 0.3) is 10.9 Å². The van der Waals surface area contributed by atoms with Crippen LogP contribution in [0.2, 0.25) is 0 Å². The minimum absolute atomic E-state index is 0.570. The lowest BCUT2D eigenvalue weighted by atomic mass is 9.92. The van der Waals surface area contributed by atoms with Crippen molar-refractivity contribution in [2.45, 2.75) is 25.7 Å². The Morgan fingerprint density at radius 2 is 2.06 bits per heavy atom. The van der Waals surface area contributed by atoms with E-state index in [4.69, 9.17) is 11.4 Å². The van der Waals surface area contributed by atoms with E-state index in [1.807, 2.05) is 6.07 Å². The van der Waals surface area contributed by atoms with Gasteiger partial charge in [0.25, 0.3) is 0 Å². The zero-order valence-electron chi connectivity index (χ0n) is 10.4. The summed E-state index contributed by atoms with van der Waals surface area (Å²) in [6.07, 6.45) is 10.1. The SMILES string of the molecule is C#CCNc1c2c(nc3ccccc13)CCCC2. The van der Waals surface area contributed by atoms with Crippen LogP contribution in [0.3, 0.4) is 0 Å². The van der Waals surface area contributed by atoms with Crippen molar-refractivity contribution < 1.29 is 0 Å². The van der Waals surface area contributed by atoms with Crippen LogP contribution in [0, 0.1) is 12.3 Å². The maximum Gasteiger partial charge on any atom is 0.0763 e. The number of hydrogen-bond donors (Lipinski definition) is 1. The number of nitrogens with one attached hydrogen (secondary N) is 1. The first-order chi connectivity index (χ1) is 8.90. The molecular formula is C16H16N2. The molecule has 2 nitrogen and oxygen atoms in total. The molecule has 0 amide bonds. The minimum Gasteiger partial charge on any atom is -0.373 e. The summed E-state index contributed by atoms with van der Waals surface area (Å²) in [5, 5.41) is 4.58. The zero-order chi connectivity index (χ0) is 12.4. The molecule has 3 rings (SSSR count). The van der Waals surface area contributed by atoms with Crippen molar-refractivity contribution in [3.63, 3.8) is 0 Å². The molecule has 1 aromatic heterocycles. The molecule has 2 aromatic rings. The number of benzene rings is 1. The van der Waals surface area contributed by atoms with Crippen molar-refractivity contribution in [1.82, 2.24) is 4.98 Å². The quantitative estimate of drug-likeness (QED) is 0.810. The number of rotatable bonds is 2. The summed E-state index contributed by atoms with van der Waals surface area (Å²) in [7, 11) is 0.